The monoisotopic (exact) mass is 243 g/mol. The summed E-state index contributed by atoms with van der Waals surface area (Å²) in [5, 5.41) is 15.2. The molecule has 0 aromatic heterocycles. The zero-order valence-corrected chi connectivity index (χ0v) is 10.4. The fraction of sp³-hybridized carbons (Fsp3) is 0.333. The maximum absolute atomic E-state index is 9.83. The second kappa shape index (κ2) is 4.18. The van der Waals surface area contributed by atoms with Crippen molar-refractivity contribution in [2.45, 2.75) is 6.92 Å². The Morgan fingerprint density at radius 3 is 2.61 bits per heavy atom. The molecular formula is C15H17NO2. The molecule has 2 aromatic carbocycles. The highest BCUT2D eigenvalue weighted by Gasteiger charge is 2.33. The van der Waals surface area contributed by atoms with Gasteiger partial charge in [0.2, 0.25) is 0 Å². The summed E-state index contributed by atoms with van der Waals surface area (Å²) in [4.78, 5) is 0. The first-order chi connectivity index (χ1) is 8.68. The van der Waals surface area contributed by atoms with Crippen LogP contribution in [-0.2, 0) is 4.74 Å². The van der Waals surface area contributed by atoms with Gasteiger partial charge in [0.25, 0.3) is 0 Å². The first-order valence-corrected chi connectivity index (χ1v) is 6.20. The largest absolute Gasteiger partial charge is 0.507 e. The fourth-order valence-electron chi connectivity index (χ4n) is 2.31. The van der Waals surface area contributed by atoms with Crippen LogP contribution in [0, 0.1) is 5.41 Å². The van der Waals surface area contributed by atoms with Gasteiger partial charge in [0.1, 0.15) is 5.75 Å². The molecule has 94 valence electrons. The molecule has 1 heterocycles. The van der Waals surface area contributed by atoms with Crippen LogP contribution in [0.5, 0.6) is 5.75 Å². The number of benzene rings is 2. The lowest BCUT2D eigenvalue weighted by Crippen LogP contribution is -2.45. The molecule has 1 aliphatic heterocycles. The minimum atomic E-state index is 0.235. The number of aromatic hydroxyl groups is 1. The summed E-state index contributed by atoms with van der Waals surface area (Å²) in [5.41, 5.74) is 1.30. The van der Waals surface area contributed by atoms with E-state index in [0.717, 1.165) is 36.2 Å². The second-order valence-corrected chi connectivity index (χ2v) is 5.33. The van der Waals surface area contributed by atoms with Crippen molar-refractivity contribution in [1.82, 2.24) is 0 Å². The van der Waals surface area contributed by atoms with E-state index >= 15 is 0 Å². The molecule has 2 aromatic rings. The molecule has 0 aliphatic carbocycles. The average molecular weight is 243 g/mol. The smallest absolute Gasteiger partial charge is 0.123 e. The molecule has 0 atom stereocenters. The van der Waals surface area contributed by atoms with Crippen molar-refractivity contribution >= 4 is 16.5 Å². The Bertz CT molecular complexity index is 576. The Kier molecular flexibility index (Phi) is 2.63. The van der Waals surface area contributed by atoms with Crippen molar-refractivity contribution in [3.63, 3.8) is 0 Å². The summed E-state index contributed by atoms with van der Waals surface area (Å²) in [5.74, 6) is 0.328. The van der Waals surface area contributed by atoms with Crippen LogP contribution in [0.25, 0.3) is 10.8 Å². The van der Waals surface area contributed by atoms with Crippen molar-refractivity contribution in [2.75, 3.05) is 25.1 Å². The highest BCUT2D eigenvalue weighted by atomic mass is 16.5. The predicted octanol–water partition coefficient (Wildman–Crippen LogP) is 2.99. The quantitative estimate of drug-likeness (QED) is 0.870. The molecule has 3 nitrogen and oxygen atoms in total. The zero-order chi connectivity index (χ0) is 12.6. The Balaban J connectivity index is 1.89. The molecule has 0 unspecified atom stereocenters. The molecule has 0 radical (unpaired) electrons. The molecule has 3 heteroatoms. The summed E-state index contributed by atoms with van der Waals surface area (Å²) in [6, 6.07) is 11.6. The molecular weight excluding hydrogens is 226 g/mol. The van der Waals surface area contributed by atoms with Crippen LogP contribution in [0.3, 0.4) is 0 Å². The number of ether oxygens (including phenoxy) is 1. The molecule has 18 heavy (non-hydrogen) atoms. The van der Waals surface area contributed by atoms with Crippen LogP contribution in [0.1, 0.15) is 6.92 Å². The van der Waals surface area contributed by atoms with Crippen molar-refractivity contribution in [3.05, 3.63) is 36.4 Å². The van der Waals surface area contributed by atoms with Crippen LogP contribution in [-0.4, -0.2) is 24.9 Å². The Hall–Kier alpha value is -1.74. The Morgan fingerprint density at radius 1 is 1.17 bits per heavy atom. The van der Waals surface area contributed by atoms with Gasteiger partial charge in [-0.1, -0.05) is 31.2 Å². The van der Waals surface area contributed by atoms with Crippen LogP contribution in [0.15, 0.2) is 36.4 Å². The third-order valence-electron chi connectivity index (χ3n) is 3.51. The first kappa shape index (κ1) is 11.4. The predicted molar refractivity (Wildman–Crippen MR) is 73.0 cm³/mol. The van der Waals surface area contributed by atoms with E-state index in [1.54, 1.807) is 6.07 Å². The highest BCUT2D eigenvalue weighted by Crippen LogP contribution is 2.32. The molecule has 0 amide bonds. The van der Waals surface area contributed by atoms with Gasteiger partial charge in [-0.15, -0.1) is 0 Å². The van der Waals surface area contributed by atoms with Crippen molar-refractivity contribution in [2.24, 2.45) is 5.41 Å². The number of phenolic OH excluding ortho intramolecular Hbond substituents is 1. The highest BCUT2D eigenvalue weighted by molar-refractivity contribution is 5.97. The number of nitrogens with one attached hydrogen (secondary N) is 1. The average Bonchev–Trinajstić information content (AvgIpc) is 2.35. The van der Waals surface area contributed by atoms with Gasteiger partial charge in [-0.25, -0.2) is 0 Å². The lowest BCUT2D eigenvalue weighted by atomic mass is 9.88. The molecule has 0 saturated carbocycles. The van der Waals surface area contributed by atoms with E-state index in [1.807, 2.05) is 30.3 Å². The van der Waals surface area contributed by atoms with E-state index in [0.29, 0.717) is 5.75 Å². The van der Waals surface area contributed by atoms with Gasteiger partial charge in [0.05, 0.1) is 13.2 Å². The van der Waals surface area contributed by atoms with Crippen molar-refractivity contribution < 1.29 is 9.84 Å². The third-order valence-corrected chi connectivity index (χ3v) is 3.51. The fourth-order valence-corrected chi connectivity index (χ4v) is 2.31. The maximum Gasteiger partial charge on any atom is 0.123 e. The van der Waals surface area contributed by atoms with E-state index in [-0.39, 0.29) is 5.41 Å². The Labute approximate surface area is 106 Å². The molecule has 3 rings (SSSR count). The van der Waals surface area contributed by atoms with Crippen molar-refractivity contribution in [1.29, 1.82) is 0 Å². The molecule has 0 spiro atoms. The summed E-state index contributed by atoms with van der Waals surface area (Å²) in [6.07, 6.45) is 0. The van der Waals surface area contributed by atoms with Crippen LogP contribution < -0.4 is 5.32 Å². The van der Waals surface area contributed by atoms with Gasteiger partial charge in [0, 0.05) is 28.4 Å². The van der Waals surface area contributed by atoms with Gasteiger partial charge in [0.15, 0.2) is 0 Å². The summed E-state index contributed by atoms with van der Waals surface area (Å²) in [6.45, 7) is 4.74. The molecule has 1 saturated heterocycles. The summed E-state index contributed by atoms with van der Waals surface area (Å²) < 4.78 is 5.25. The topological polar surface area (TPSA) is 41.5 Å². The van der Waals surface area contributed by atoms with Gasteiger partial charge in [-0.2, -0.15) is 0 Å². The lowest BCUT2D eigenvalue weighted by molar-refractivity contribution is -0.0924. The van der Waals surface area contributed by atoms with E-state index in [4.69, 9.17) is 4.74 Å². The first-order valence-electron chi connectivity index (χ1n) is 6.20. The zero-order valence-electron chi connectivity index (χ0n) is 10.4. The van der Waals surface area contributed by atoms with Gasteiger partial charge < -0.3 is 15.2 Å². The molecule has 1 fully saturated rings. The number of fused-ring (bicyclic) bond motifs is 1. The normalized spacial score (nSPS) is 17.4. The minimum absolute atomic E-state index is 0.235. The number of rotatable bonds is 3. The van der Waals surface area contributed by atoms with Gasteiger partial charge in [-0.05, 0) is 12.1 Å². The standard InChI is InChI=1S/C15H17NO2/c1-15(9-18-10-15)8-16-13-6-2-5-12-11(13)4-3-7-14(12)17/h2-7,16-17H,8-10H2,1H3. The number of hydrogen-bond acceptors (Lipinski definition) is 3. The van der Waals surface area contributed by atoms with E-state index in [2.05, 4.69) is 12.2 Å². The van der Waals surface area contributed by atoms with Crippen LogP contribution >= 0.6 is 0 Å². The van der Waals surface area contributed by atoms with Crippen LogP contribution in [0.4, 0.5) is 5.69 Å². The summed E-state index contributed by atoms with van der Waals surface area (Å²) >= 11 is 0. The van der Waals surface area contributed by atoms with E-state index in [1.165, 1.54) is 0 Å². The minimum Gasteiger partial charge on any atom is -0.507 e. The number of hydrogen-bond donors (Lipinski definition) is 2. The number of anilines is 1. The molecule has 2 N–H and O–H groups in total. The molecule has 0 bridgehead atoms. The second-order valence-electron chi connectivity index (χ2n) is 5.33. The molecule has 1 aliphatic rings. The lowest BCUT2D eigenvalue weighted by Gasteiger charge is -2.38. The maximum atomic E-state index is 9.83. The third kappa shape index (κ3) is 1.91. The number of phenols is 1. The van der Waals surface area contributed by atoms with Gasteiger partial charge >= 0.3 is 0 Å². The van der Waals surface area contributed by atoms with Crippen molar-refractivity contribution in [3.8, 4) is 5.75 Å². The SMILES string of the molecule is CC1(CNc2cccc3c(O)cccc23)COC1. The Morgan fingerprint density at radius 2 is 1.89 bits per heavy atom. The van der Waals surface area contributed by atoms with E-state index < -0.39 is 0 Å². The summed E-state index contributed by atoms with van der Waals surface area (Å²) in [7, 11) is 0. The van der Waals surface area contributed by atoms with Gasteiger partial charge in [-0.3, -0.25) is 0 Å². The van der Waals surface area contributed by atoms with Crippen LogP contribution in [0.2, 0.25) is 0 Å². The van der Waals surface area contributed by atoms with E-state index in [9.17, 15) is 5.11 Å².